The van der Waals surface area contributed by atoms with Crippen LogP contribution in [0, 0.1) is 0 Å². The normalized spacial score (nSPS) is 14.9. The molecule has 0 spiro atoms. The Bertz CT molecular complexity index is 1300. The third kappa shape index (κ3) is 3.98. The fourth-order valence-electron chi connectivity index (χ4n) is 3.11. The number of hydrazone groups is 1. The van der Waals surface area contributed by atoms with Gasteiger partial charge in [-0.05, 0) is 11.5 Å². The van der Waals surface area contributed by atoms with Crippen molar-refractivity contribution in [3.8, 4) is 5.75 Å². The van der Waals surface area contributed by atoms with Crippen LogP contribution in [-0.4, -0.2) is 29.6 Å². The summed E-state index contributed by atoms with van der Waals surface area (Å²) in [6.45, 7) is 0. The van der Waals surface area contributed by atoms with Crippen LogP contribution in [-0.2, 0) is 14.9 Å². The Morgan fingerprint density at radius 2 is 1.59 bits per heavy atom. The second-order valence-corrected chi connectivity index (χ2v) is 7.47. The fourth-order valence-corrected chi connectivity index (χ4v) is 3.81. The van der Waals surface area contributed by atoms with E-state index in [4.69, 9.17) is 0 Å². The van der Waals surface area contributed by atoms with Gasteiger partial charge in [0.1, 0.15) is 27.3 Å². The van der Waals surface area contributed by atoms with Crippen molar-refractivity contribution in [3.05, 3.63) is 77.9 Å². The van der Waals surface area contributed by atoms with Gasteiger partial charge in [0.2, 0.25) is 5.78 Å². The Labute approximate surface area is 188 Å². The first-order valence-electron chi connectivity index (χ1n) is 8.22. The van der Waals surface area contributed by atoms with Crippen molar-refractivity contribution < 1.29 is 52.4 Å². The molecular weight excluding hydrogens is 403 g/mol. The average Bonchev–Trinajstić information content (AvgIpc) is 2.67. The van der Waals surface area contributed by atoms with Crippen LogP contribution in [0.3, 0.4) is 0 Å². The number of phenolic OH excluding ortho intramolecular Hbond substituents is 1. The van der Waals surface area contributed by atoms with Crippen molar-refractivity contribution in [1.29, 1.82) is 0 Å². The molecule has 9 heteroatoms. The van der Waals surface area contributed by atoms with Crippen molar-refractivity contribution in [2.45, 2.75) is 0 Å². The molecule has 0 fully saturated rings. The first kappa shape index (κ1) is 21.2. The van der Waals surface area contributed by atoms with Gasteiger partial charge >= 0.3 is 29.6 Å². The zero-order valence-electron chi connectivity index (χ0n) is 15.3. The number of nitrogens with zero attached hydrogens (tertiary/aromatic N) is 1. The summed E-state index contributed by atoms with van der Waals surface area (Å²) in [6.07, 6.45) is 0.772. The summed E-state index contributed by atoms with van der Waals surface area (Å²) >= 11 is 0. The minimum absolute atomic E-state index is 0. The Hall–Kier alpha value is -2.49. The predicted molar refractivity (Wildman–Crippen MR) is 105 cm³/mol. The molecule has 0 saturated carbocycles. The molecule has 0 amide bonds. The first-order chi connectivity index (χ1) is 13.4. The number of carbonyl (C=O) groups excluding carboxylic acids is 1. The quantitative estimate of drug-likeness (QED) is 0.265. The maximum absolute atomic E-state index is 12.5. The number of benzene rings is 3. The topological polar surface area (TPSA) is 119 Å². The minimum atomic E-state index is -4.82. The van der Waals surface area contributed by atoms with Gasteiger partial charge in [0.25, 0.3) is 0 Å². The molecule has 0 saturated heterocycles. The summed E-state index contributed by atoms with van der Waals surface area (Å²) in [5.74, 6) is -0.779. The van der Waals surface area contributed by atoms with E-state index in [9.17, 15) is 22.9 Å². The number of rotatable bonds is 3. The van der Waals surface area contributed by atoms with Crippen molar-refractivity contribution in [2.75, 3.05) is 5.43 Å². The summed E-state index contributed by atoms with van der Waals surface area (Å²) in [4.78, 5) is 11.9. The van der Waals surface area contributed by atoms with Gasteiger partial charge in [0.15, 0.2) is 0 Å². The molecule has 0 aliphatic heterocycles. The van der Waals surface area contributed by atoms with Gasteiger partial charge in [0.05, 0.1) is 4.91 Å². The average molecular weight is 416 g/mol. The van der Waals surface area contributed by atoms with Crippen molar-refractivity contribution in [3.63, 3.8) is 0 Å². The number of carbonyl (C=O) groups is 1. The molecule has 1 aliphatic rings. The van der Waals surface area contributed by atoms with Crippen molar-refractivity contribution >= 4 is 43.0 Å². The molecule has 4 rings (SSSR count). The Morgan fingerprint density at radius 3 is 2.31 bits per heavy atom. The fraction of sp³-hybridized carbons (Fsp3) is 0. The molecule has 0 bridgehead atoms. The zero-order valence-corrected chi connectivity index (χ0v) is 18.1. The second kappa shape index (κ2) is 8.10. The molecule has 7 nitrogen and oxygen atoms in total. The number of fused-ring (bicyclic) bond motifs is 2. The maximum Gasteiger partial charge on any atom is 1.00 e. The largest absolute Gasteiger partial charge is 1.00 e. The molecule has 0 heterocycles. The number of phenols is 1. The summed E-state index contributed by atoms with van der Waals surface area (Å²) in [5.41, 5.74) is 3.29. The molecule has 3 aromatic rings. The summed E-state index contributed by atoms with van der Waals surface area (Å²) in [7, 11) is -4.82. The van der Waals surface area contributed by atoms with Crippen molar-refractivity contribution in [1.82, 2.24) is 0 Å². The van der Waals surface area contributed by atoms with E-state index in [0.717, 1.165) is 11.5 Å². The van der Waals surface area contributed by atoms with Crippen LogP contribution in [0.2, 0.25) is 0 Å². The molecule has 3 aromatic carbocycles. The number of ketones is 1. The van der Waals surface area contributed by atoms with Gasteiger partial charge < -0.3 is 9.66 Å². The van der Waals surface area contributed by atoms with E-state index in [1.165, 1.54) is 18.2 Å². The second-order valence-electron chi connectivity index (χ2n) is 6.13. The summed E-state index contributed by atoms with van der Waals surface area (Å²) in [5, 5.41) is 15.9. The van der Waals surface area contributed by atoms with E-state index < -0.39 is 20.8 Å². The molecule has 0 unspecified atom stereocenters. The molecule has 0 atom stereocenters. The zero-order chi connectivity index (χ0) is 19.9. The van der Waals surface area contributed by atoms with Gasteiger partial charge in [-0.1, -0.05) is 54.6 Å². The molecular formula is C20H13N2NaO5S. The number of hydrogen-bond acceptors (Lipinski definition) is 7. The third-order valence-electron chi connectivity index (χ3n) is 4.40. The van der Waals surface area contributed by atoms with E-state index >= 15 is 0 Å². The molecule has 140 valence electrons. The molecule has 2 N–H and O–H groups in total. The number of aromatic hydroxyl groups is 1. The van der Waals surface area contributed by atoms with Crippen LogP contribution >= 0.6 is 0 Å². The van der Waals surface area contributed by atoms with E-state index in [0.29, 0.717) is 11.1 Å². The van der Waals surface area contributed by atoms with Gasteiger partial charge in [-0.2, -0.15) is 5.10 Å². The molecule has 0 aromatic heterocycles. The molecule has 0 radical (unpaired) electrons. The van der Waals surface area contributed by atoms with E-state index in [1.807, 2.05) is 12.1 Å². The maximum atomic E-state index is 12.5. The Morgan fingerprint density at radius 1 is 0.931 bits per heavy atom. The minimum Gasteiger partial charge on any atom is -0.744 e. The predicted octanol–water partition coefficient (Wildman–Crippen LogP) is -0.166. The van der Waals surface area contributed by atoms with Crippen LogP contribution < -0.4 is 35.0 Å². The Balaban J connectivity index is 0.00000240. The number of anilines is 1. The number of allylic oxidation sites excluding steroid dienone is 1. The first-order valence-corrected chi connectivity index (χ1v) is 9.63. The molecule has 1 aliphatic carbocycles. The standard InChI is InChI=1S/C20H14N2O5S.Na/c23-16-10-9-12-5-1-2-6-13(12)19(16)21-22-20-15-8-4-3-7-14(15)18(11-17(20)24)28(25,26)27;/h1-11,21,23H,(H,25,26,27);/q;+1/p-1/b22-20+;. The van der Waals surface area contributed by atoms with Crippen LogP contribution in [0.15, 0.2) is 71.8 Å². The van der Waals surface area contributed by atoms with E-state index in [1.54, 1.807) is 30.3 Å². The van der Waals surface area contributed by atoms with Crippen LogP contribution in [0.1, 0.15) is 11.1 Å². The van der Waals surface area contributed by atoms with Gasteiger partial charge in [0, 0.05) is 22.6 Å². The van der Waals surface area contributed by atoms with Gasteiger partial charge in [-0.15, -0.1) is 0 Å². The SMILES string of the molecule is O=C1C=C(S(=O)(=O)[O-])c2ccccc2/C1=N\Nc1c(O)ccc2ccccc12.[Na+]. The summed E-state index contributed by atoms with van der Waals surface area (Å²) in [6, 6.07) is 16.7. The van der Waals surface area contributed by atoms with E-state index in [-0.39, 0.29) is 52.1 Å². The monoisotopic (exact) mass is 416 g/mol. The molecule has 29 heavy (non-hydrogen) atoms. The van der Waals surface area contributed by atoms with E-state index in [2.05, 4.69) is 10.5 Å². The van der Waals surface area contributed by atoms with Gasteiger partial charge in [-0.25, -0.2) is 8.42 Å². The Kier molecular flexibility index (Phi) is 5.92. The smallest absolute Gasteiger partial charge is 0.744 e. The number of hydrogen-bond donors (Lipinski definition) is 2. The van der Waals surface area contributed by atoms with Gasteiger partial charge in [-0.3, -0.25) is 10.2 Å². The van der Waals surface area contributed by atoms with Crippen LogP contribution in [0.4, 0.5) is 5.69 Å². The third-order valence-corrected chi connectivity index (χ3v) is 5.28. The van der Waals surface area contributed by atoms with Crippen LogP contribution in [0.5, 0.6) is 5.75 Å². The van der Waals surface area contributed by atoms with Crippen molar-refractivity contribution in [2.24, 2.45) is 5.10 Å². The van der Waals surface area contributed by atoms with Crippen LogP contribution in [0.25, 0.3) is 15.7 Å². The summed E-state index contributed by atoms with van der Waals surface area (Å²) < 4.78 is 34.5. The number of nitrogens with one attached hydrogen (secondary N) is 1.